The molecule has 1 unspecified atom stereocenters. The van der Waals surface area contributed by atoms with Gasteiger partial charge in [-0.2, -0.15) is 8.42 Å². The second kappa shape index (κ2) is 12.0. The van der Waals surface area contributed by atoms with Gasteiger partial charge in [0.1, 0.15) is 23.0 Å². The number of nitrogens with zero attached hydrogens (tertiary/aromatic N) is 3. The Morgan fingerprint density at radius 1 is 1.02 bits per heavy atom. The number of benzene rings is 3. The van der Waals surface area contributed by atoms with Crippen LogP contribution >= 0.6 is 0 Å². The molecule has 1 aromatic heterocycles. The van der Waals surface area contributed by atoms with E-state index in [0.717, 1.165) is 10.9 Å². The van der Waals surface area contributed by atoms with E-state index in [1.807, 2.05) is 30.3 Å². The van der Waals surface area contributed by atoms with Gasteiger partial charge in [0.2, 0.25) is 0 Å². The Morgan fingerprint density at radius 2 is 1.65 bits per heavy atom. The molecular formula is C27H26N4O8S. The molecule has 0 bridgehead atoms. The number of nitrogen functional groups attached to an aromatic ring is 1. The van der Waals surface area contributed by atoms with Crippen LogP contribution in [0.25, 0.3) is 11.3 Å². The Hall–Kier alpha value is -4.75. The number of carbonyl (C=O) groups is 1. The number of esters is 1. The van der Waals surface area contributed by atoms with Crippen LogP contribution in [-0.2, 0) is 19.0 Å². The molecule has 0 spiro atoms. The molecule has 0 saturated carbocycles. The first kappa shape index (κ1) is 28.3. The van der Waals surface area contributed by atoms with Crippen LogP contribution in [0, 0.1) is 10.1 Å². The minimum atomic E-state index is -3.79. The lowest BCUT2D eigenvalue weighted by Crippen LogP contribution is -2.23. The molecule has 40 heavy (non-hydrogen) atoms. The second-order valence-corrected chi connectivity index (χ2v) is 10.3. The smallest absolute Gasteiger partial charge is 0.358 e. The Labute approximate surface area is 230 Å². The number of methoxy groups -OCH3 is 1. The van der Waals surface area contributed by atoms with Crippen molar-refractivity contribution in [3.63, 3.8) is 0 Å². The van der Waals surface area contributed by atoms with Crippen LogP contribution in [0.15, 0.2) is 78.9 Å². The van der Waals surface area contributed by atoms with Crippen LogP contribution in [0.4, 0.5) is 5.69 Å². The third-order valence-corrected chi connectivity index (χ3v) is 6.54. The van der Waals surface area contributed by atoms with Gasteiger partial charge in [-0.1, -0.05) is 36.4 Å². The van der Waals surface area contributed by atoms with Crippen molar-refractivity contribution in [1.82, 2.24) is 9.66 Å². The molecular weight excluding hydrogens is 540 g/mol. The van der Waals surface area contributed by atoms with E-state index in [1.54, 1.807) is 30.3 Å². The van der Waals surface area contributed by atoms with Gasteiger partial charge in [-0.15, -0.1) is 0 Å². The number of aromatic nitrogens is 2. The third-order valence-electron chi connectivity index (χ3n) is 5.95. The lowest BCUT2D eigenvalue weighted by atomic mass is 9.93. The summed E-state index contributed by atoms with van der Waals surface area (Å²) in [6, 6.07) is 21.9. The van der Waals surface area contributed by atoms with E-state index in [1.165, 1.54) is 25.3 Å². The molecule has 0 aliphatic rings. The Balaban J connectivity index is 1.80. The SMILES string of the molecule is COC(=O)c1c(-c2ccc(Oc3ccccc3)cc2)nc(C(CCOS(C)(=O)=O)c2ccccc2[N+](=O)[O-])n1N. The molecule has 12 nitrogen and oxygen atoms in total. The highest BCUT2D eigenvalue weighted by Crippen LogP contribution is 2.36. The molecule has 208 valence electrons. The number of ether oxygens (including phenoxy) is 2. The van der Waals surface area contributed by atoms with Crippen LogP contribution < -0.4 is 10.6 Å². The molecule has 0 radical (unpaired) electrons. The van der Waals surface area contributed by atoms with Crippen LogP contribution in [0.5, 0.6) is 11.5 Å². The molecule has 0 aliphatic heterocycles. The zero-order valence-corrected chi connectivity index (χ0v) is 22.4. The van der Waals surface area contributed by atoms with Crippen molar-refractivity contribution in [3.8, 4) is 22.8 Å². The fourth-order valence-corrected chi connectivity index (χ4v) is 4.58. The number of para-hydroxylation sites is 2. The standard InChI is InChI=1S/C27H26N4O8S/c1-37-27(32)25-24(18-12-14-20(15-13-18)39-19-8-4-3-5-9-19)29-26(30(25)28)22(16-17-38-40(2,35)36)21-10-6-7-11-23(21)31(33)34/h3-15,22H,16-17,28H2,1-2H3. The van der Waals surface area contributed by atoms with Crippen molar-refractivity contribution in [2.75, 3.05) is 25.8 Å². The summed E-state index contributed by atoms with van der Waals surface area (Å²) < 4.78 is 39.9. The van der Waals surface area contributed by atoms with Gasteiger partial charge < -0.3 is 15.3 Å². The number of nitro benzene ring substituents is 1. The summed E-state index contributed by atoms with van der Waals surface area (Å²) in [5.74, 6) is 5.93. The van der Waals surface area contributed by atoms with Gasteiger partial charge in [0.15, 0.2) is 5.69 Å². The number of carbonyl (C=O) groups excluding carboxylic acids is 1. The first-order chi connectivity index (χ1) is 19.1. The van der Waals surface area contributed by atoms with Crippen LogP contribution in [0.3, 0.4) is 0 Å². The summed E-state index contributed by atoms with van der Waals surface area (Å²) in [5, 5.41) is 11.8. The summed E-state index contributed by atoms with van der Waals surface area (Å²) in [4.78, 5) is 28.7. The number of imidazole rings is 1. The van der Waals surface area contributed by atoms with E-state index < -0.39 is 26.9 Å². The van der Waals surface area contributed by atoms with Crippen molar-refractivity contribution in [1.29, 1.82) is 0 Å². The van der Waals surface area contributed by atoms with Crippen LogP contribution in [-0.4, -0.2) is 48.9 Å². The van der Waals surface area contributed by atoms with Gasteiger partial charge in [0.05, 0.1) is 30.8 Å². The van der Waals surface area contributed by atoms with Crippen molar-refractivity contribution < 1.29 is 31.8 Å². The van der Waals surface area contributed by atoms with Crippen LogP contribution in [0.1, 0.15) is 34.2 Å². The number of nitrogens with two attached hydrogens (primary N) is 1. The Kier molecular flexibility index (Phi) is 8.46. The Morgan fingerprint density at radius 3 is 2.27 bits per heavy atom. The fraction of sp³-hybridized carbons (Fsp3) is 0.185. The third kappa shape index (κ3) is 6.45. The number of rotatable bonds is 11. The zero-order valence-electron chi connectivity index (χ0n) is 21.6. The molecule has 13 heteroatoms. The second-order valence-electron chi connectivity index (χ2n) is 8.65. The van der Waals surface area contributed by atoms with E-state index in [-0.39, 0.29) is 41.5 Å². The van der Waals surface area contributed by atoms with E-state index in [4.69, 9.17) is 19.5 Å². The zero-order chi connectivity index (χ0) is 28.9. The maximum atomic E-state index is 12.8. The minimum absolute atomic E-state index is 0.0456. The average molecular weight is 567 g/mol. The highest BCUT2D eigenvalue weighted by Gasteiger charge is 2.32. The molecule has 4 rings (SSSR count). The van der Waals surface area contributed by atoms with Gasteiger partial charge in [0, 0.05) is 17.2 Å². The summed E-state index contributed by atoms with van der Waals surface area (Å²) in [7, 11) is -2.60. The van der Waals surface area contributed by atoms with E-state index in [9.17, 15) is 23.3 Å². The van der Waals surface area contributed by atoms with E-state index in [2.05, 4.69) is 4.98 Å². The predicted molar refractivity (Wildman–Crippen MR) is 146 cm³/mol. The van der Waals surface area contributed by atoms with Crippen molar-refractivity contribution in [2.45, 2.75) is 12.3 Å². The molecule has 0 aliphatic carbocycles. The summed E-state index contributed by atoms with van der Waals surface area (Å²) >= 11 is 0. The molecule has 1 atom stereocenters. The van der Waals surface area contributed by atoms with Gasteiger partial charge in [-0.05, 0) is 42.8 Å². The van der Waals surface area contributed by atoms with E-state index in [0.29, 0.717) is 17.1 Å². The quantitative estimate of drug-likeness (QED) is 0.0911. The first-order valence-electron chi connectivity index (χ1n) is 12.0. The first-order valence-corrected chi connectivity index (χ1v) is 13.8. The lowest BCUT2D eigenvalue weighted by Gasteiger charge is -2.17. The van der Waals surface area contributed by atoms with Gasteiger partial charge in [-0.25, -0.2) is 14.5 Å². The molecule has 0 amide bonds. The van der Waals surface area contributed by atoms with E-state index >= 15 is 0 Å². The summed E-state index contributed by atoms with van der Waals surface area (Å²) in [5.41, 5.74) is 0.569. The molecule has 0 saturated heterocycles. The fourth-order valence-electron chi connectivity index (χ4n) is 4.18. The molecule has 1 heterocycles. The predicted octanol–water partition coefficient (Wildman–Crippen LogP) is 4.25. The largest absolute Gasteiger partial charge is 0.464 e. The summed E-state index contributed by atoms with van der Waals surface area (Å²) in [6.45, 7) is -0.309. The van der Waals surface area contributed by atoms with Gasteiger partial charge >= 0.3 is 5.97 Å². The number of hydrogen-bond donors (Lipinski definition) is 1. The van der Waals surface area contributed by atoms with Crippen LogP contribution in [0.2, 0.25) is 0 Å². The topological polar surface area (TPSA) is 166 Å². The van der Waals surface area contributed by atoms with Gasteiger partial charge in [-0.3, -0.25) is 14.3 Å². The van der Waals surface area contributed by atoms with Crippen molar-refractivity contribution in [3.05, 3.63) is 106 Å². The maximum absolute atomic E-state index is 12.8. The van der Waals surface area contributed by atoms with Gasteiger partial charge in [0.25, 0.3) is 15.8 Å². The normalized spacial score (nSPS) is 12.1. The molecule has 3 aromatic carbocycles. The Bertz CT molecular complexity index is 1620. The monoisotopic (exact) mass is 566 g/mol. The minimum Gasteiger partial charge on any atom is -0.464 e. The molecule has 4 aromatic rings. The molecule has 2 N–H and O–H groups in total. The maximum Gasteiger partial charge on any atom is 0.358 e. The number of hydrogen-bond acceptors (Lipinski definition) is 10. The number of nitro groups is 1. The van der Waals surface area contributed by atoms with Crippen molar-refractivity contribution in [2.24, 2.45) is 0 Å². The summed E-state index contributed by atoms with van der Waals surface area (Å²) in [6.07, 6.45) is 0.853. The average Bonchev–Trinajstić information content (AvgIpc) is 3.27. The molecule has 0 fully saturated rings. The lowest BCUT2D eigenvalue weighted by molar-refractivity contribution is -0.385. The highest BCUT2D eigenvalue weighted by molar-refractivity contribution is 7.85. The van der Waals surface area contributed by atoms with Crippen molar-refractivity contribution >= 4 is 21.8 Å². The highest BCUT2D eigenvalue weighted by atomic mass is 32.2.